The molecule has 0 aliphatic carbocycles. The number of carbonyl (C=O) groups excluding carboxylic acids is 2. The van der Waals surface area contributed by atoms with Gasteiger partial charge in [0.15, 0.2) is 0 Å². The van der Waals surface area contributed by atoms with Crippen molar-refractivity contribution in [2.45, 2.75) is 44.3 Å². The number of rotatable bonds is 9. The van der Waals surface area contributed by atoms with E-state index in [0.29, 0.717) is 0 Å². The van der Waals surface area contributed by atoms with Gasteiger partial charge in [-0.1, -0.05) is 48.5 Å². The number of nitrogens with zero attached hydrogens (tertiary/aromatic N) is 2. The summed E-state index contributed by atoms with van der Waals surface area (Å²) in [7, 11) is -2.69. The summed E-state index contributed by atoms with van der Waals surface area (Å²) in [5, 5.41) is 4.40. The predicted molar refractivity (Wildman–Crippen MR) is 133 cm³/mol. The van der Waals surface area contributed by atoms with Crippen molar-refractivity contribution in [1.29, 1.82) is 0 Å². The van der Waals surface area contributed by atoms with E-state index in [-0.39, 0.29) is 23.0 Å². The first kappa shape index (κ1) is 26.3. The first-order valence-corrected chi connectivity index (χ1v) is 12.7. The zero-order chi connectivity index (χ0) is 25.8. The smallest absolute Gasteiger partial charge is 0.243 e. The van der Waals surface area contributed by atoms with Gasteiger partial charge in [-0.15, -0.1) is 0 Å². The highest BCUT2D eigenvalue weighted by molar-refractivity contribution is 7.89. The minimum absolute atomic E-state index is 0.0535. The highest BCUT2D eigenvalue weighted by atomic mass is 32.2. The maximum Gasteiger partial charge on any atom is 0.243 e. The zero-order valence-electron chi connectivity index (χ0n) is 20.2. The van der Waals surface area contributed by atoms with Crippen LogP contribution in [-0.2, 0) is 26.2 Å². The van der Waals surface area contributed by atoms with Gasteiger partial charge in [0.2, 0.25) is 21.8 Å². The van der Waals surface area contributed by atoms with Gasteiger partial charge >= 0.3 is 0 Å². The lowest BCUT2D eigenvalue weighted by atomic mass is 10.1. The van der Waals surface area contributed by atoms with Gasteiger partial charge in [0.05, 0.1) is 11.4 Å². The van der Waals surface area contributed by atoms with E-state index in [1.165, 1.54) is 43.1 Å². The van der Waals surface area contributed by atoms with E-state index in [1.807, 2.05) is 24.3 Å². The molecule has 0 saturated carbocycles. The lowest BCUT2D eigenvalue weighted by Gasteiger charge is -2.31. The first-order valence-electron chi connectivity index (χ1n) is 11.3. The van der Waals surface area contributed by atoms with E-state index in [1.54, 1.807) is 32.0 Å². The molecule has 3 aromatic rings. The maximum atomic E-state index is 14.3. The van der Waals surface area contributed by atoms with Gasteiger partial charge in [-0.2, -0.15) is 4.31 Å². The second-order valence-corrected chi connectivity index (χ2v) is 10.8. The molecule has 0 bridgehead atoms. The van der Waals surface area contributed by atoms with Crippen LogP contribution in [-0.4, -0.2) is 55.1 Å². The van der Waals surface area contributed by atoms with Gasteiger partial charge in [-0.3, -0.25) is 9.59 Å². The number of hydrogen-bond acceptors (Lipinski definition) is 4. The summed E-state index contributed by atoms with van der Waals surface area (Å²) < 4.78 is 41.7. The van der Waals surface area contributed by atoms with Gasteiger partial charge in [0, 0.05) is 25.2 Å². The molecule has 0 spiro atoms. The Kier molecular flexibility index (Phi) is 8.24. The summed E-state index contributed by atoms with van der Waals surface area (Å²) in [4.78, 5) is 27.2. The molecule has 0 aliphatic heterocycles. The number of hydrogen-bond donors (Lipinski definition) is 1. The standard InChI is InChI=1S/C26H30FN3O4S/c1-18(2)28-26(32)19(3)30(16-22-11-7-8-12-24(22)27)25(31)17-29(4)35(33,34)23-14-13-20-9-5-6-10-21(20)15-23/h5-15,18-19H,16-17H2,1-4H3,(H,28,32). The molecule has 35 heavy (non-hydrogen) atoms. The summed E-state index contributed by atoms with van der Waals surface area (Å²) in [6.45, 7) is 4.42. The number of halogens is 1. The minimum Gasteiger partial charge on any atom is -0.352 e. The average Bonchev–Trinajstić information content (AvgIpc) is 2.82. The zero-order valence-corrected chi connectivity index (χ0v) is 21.0. The second-order valence-electron chi connectivity index (χ2n) is 8.72. The Labute approximate surface area is 205 Å². The van der Waals surface area contributed by atoms with Gasteiger partial charge in [-0.05, 0) is 49.7 Å². The number of amides is 2. The summed E-state index contributed by atoms with van der Waals surface area (Å²) in [5.41, 5.74) is 0.227. The molecular weight excluding hydrogens is 469 g/mol. The number of benzene rings is 3. The number of carbonyl (C=O) groups is 2. The SMILES string of the molecule is CC(C)NC(=O)C(C)N(Cc1ccccc1F)C(=O)CN(C)S(=O)(=O)c1ccc2ccccc2c1. The Morgan fingerprint density at radius 3 is 2.23 bits per heavy atom. The fourth-order valence-corrected chi connectivity index (χ4v) is 4.83. The second kappa shape index (κ2) is 11.0. The summed E-state index contributed by atoms with van der Waals surface area (Å²) in [6, 6.07) is 17.0. The highest BCUT2D eigenvalue weighted by Crippen LogP contribution is 2.22. The van der Waals surface area contributed by atoms with Gasteiger partial charge in [0.1, 0.15) is 11.9 Å². The van der Waals surface area contributed by atoms with Crippen molar-refractivity contribution in [2.75, 3.05) is 13.6 Å². The van der Waals surface area contributed by atoms with Crippen LogP contribution < -0.4 is 5.32 Å². The Balaban J connectivity index is 1.86. The molecule has 186 valence electrons. The molecule has 1 unspecified atom stereocenters. The molecule has 2 amide bonds. The molecule has 3 aromatic carbocycles. The molecule has 1 atom stereocenters. The molecule has 1 N–H and O–H groups in total. The molecule has 0 aliphatic rings. The van der Waals surface area contributed by atoms with Crippen LogP contribution in [0.4, 0.5) is 4.39 Å². The normalized spacial score (nSPS) is 12.7. The third-order valence-corrected chi connectivity index (χ3v) is 7.48. The van der Waals surface area contributed by atoms with Crippen molar-refractivity contribution >= 4 is 32.6 Å². The summed E-state index contributed by atoms with van der Waals surface area (Å²) in [5.74, 6) is -1.55. The van der Waals surface area contributed by atoms with Crippen molar-refractivity contribution in [3.8, 4) is 0 Å². The molecule has 3 rings (SSSR count). The average molecular weight is 500 g/mol. The molecule has 0 saturated heterocycles. The van der Waals surface area contributed by atoms with Crippen molar-refractivity contribution in [3.05, 3.63) is 78.1 Å². The molecule has 0 aromatic heterocycles. The van der Waals surface area contributed by atoms with Crippen molar-refractivity contribution in [2.24, 2.45) is 0 Å². The van der Waals surface area contributed by atoms with Crippen LogP contribution in [0, 0.1) is 5.82 Å². The number of nitrogens with one attached hydrogen (secondary N) is 1. The van der Waals surface area contributed by atoms with E-state index >= 15 is 0 Å². The number of sulfonamides is 1. The predicted octanol–water partition coefficient (Wildman–Crippen LogP) is 3.54. The maximum absolute atomic E-state index is 14.3. The fourth-order valence-electron chi connectivity index (χ4n) is 3.67. The van der Waals surface area contributed by atoms with Crippen molar-refractivity contribution < 1.29 is 22.4 Å². The van der Waals surface area contributed by atoms with E-state index < -0.39 is 40.2 Å². The van der Waals surface area contributed by atoms with Gasteiger partial charge < -0.3 is 10.2 Å². The molecule has 9 heteroatoms. The highest BCUT2D eigenvalue weighted by Gasteiger charge is 2.31. The van der Waals surface area contributed by atoms with Crippen LogP contribution in [0.15, 0.2) is 71.6 Å². The van der Waals surface area contributed by atoms with Crippen LogP contribution in [0.25, 0.3) is 10.8 Å². The van der Waals surface area contributed by atoms with Gasteiger partial charge in [-0.25, -0.2) is 12.8 Å². The Bertz CT molecular complexity index is 1330. The Morgan fingerprint density at radius 1 is 0.943 bits per heavy atom. The van der Waals surface area contributed by atoms with Crippen molar-refractivity contribution in [3.63, 3.8) is 0 Å². The molecule has 7 nitrogen and oxygen atoms in total. The summed E-state index contributed by atoms with van der Waals surface area (Å²) in [6.07, 6.45) is 0. The third-order valence-electron chi connectivity index (χ3n) is 5.68. The van der Waals surface area contributed by atoms with Crippen LogP contribution in [0.5, 0.6) is 0 Å². The van der Waals surface area contributed by atoms with E-state index in [2.05, 4.69) is 5.32 Å². The fraction of sp³-hybridized carbons (Fsp3) is 0.308. The van der Waals surface area contributed by atoms with E-state index in [4.69, 9.17) is 0 Å². The molecule has 0 fully saturated rings. The number of likely N-dealkylation sites (N-methyl/N-ethyl adjacent to an activating group) is 1. The molecule has 0 radical (unpaired) electrons. The molecule has 0 heterocycles. The van der Waals surface area contributed by atoms with Crippen LogP contribution in [0.2, 0.25) is 0 Å². The van der Waals surface area contributed by atoms with E-state index in [9.17, 15) is 22.4 Å². The minimum atomic E-state index is -3.99. The van der Waals surface area contributed by atoms with Crippen LogP contribution in [0.1, 0.15) is 26.3 Å². The van der Waals surface area contributed by atoms with Crippen LogP contribution >= 0.6 is 0 Å². The molecular formula is C26H30FN3O4S. The van der Waals surface area contributed by atoms with Gasteiger partial charge in [0.25, 0.3) is 0 Å². The topological polar surface area (TPSA) is 86.8 Å². The first-order chi connectivity index (χ1) is 16.5. The lowest BCUT2D eigenvalue weighted by Crippen LogP contribution is -2.51. The Hall–Kier alpha value is -3.30. The largest absolute Gasteiger partial charge is 0.352 e. The Morgan fingerprint density at radius 2 is 1.57 bits per heavy atom. The van der Waals surface area contributed by atoms with E-state index in [0.717, 1.165) is 15.1 Å². The third kappa shape index (κ3) is 6.23. The lowest BCUT2D eigenvalue weighted by molar-refractivity contribution is -0.140. The quantitative estimate of drug-likeness (QED) is 0.488. The van der Waals surface area contributed by atoms with Crippen LogP contribution in [0.3, 0.4) is 0 Å². The number of fused-ring (bicyclic) bond motifs is 1. The monoisotopic (exact) mass is 499 g/mol. The van der Waals surface area contributed by atoms with Crippen molar-refractivity contribution in [1.82, 2.24) is 14.5 Å². The summed E-state index contributed by atoms with van der Waals surface area (Å²) >= 11 is 0.